The Balaban J connectivity index is 2.03. The second-order valence-corrected chi connectivity index (χ2v) is 6.76. The van der Waals surface area contributed by atoms with Crippen molar-refractivity contribution in [1.82, 2.24) is 14.9 Å². The molecule has 2 aromatic heterocycles. The molecular weight excluding hydrogens is 326 g/mol. The Kier molecular flexibility index (Phi) is 2.27. The third-order valence-electron chi connectivity index (χ3n) is 5.45. The number of H-pyrrole nitrogens is 2. The van der Waals surface area contributed by atoms with Crippen LogP contribution in [0.2, 0.25) is 0 Å². The van der Waals surface area contributed by atoms with E-state index in [0.29, 0.717) is 11.1 Å². The number of fused-ring (bicyclic) bond motifs is 10. The number of hydrogen-bond donors (Lipinski definition) is 2. The maximum Gasteiger partial charge on any atom is 0.263 e. The second-order valence-electron chi connectivity index (χ2n) is 6.76. The fourth-order valence-corrected chi connectivity index (χ4v) is 4.28. The highest BCUT2D eigenvalue weighted by atomic mass is 16.2. The molecule has 2 N–H and O–H groups in total. The Morgan fingerprint density at radius 3 is 1.58 bits per heavy atom. The summed E-state index contributed by atoms with van der Waals surface area (Å²) in [5, 5.41) is 4.08. The van der Waals surface area contributed by atoms with Gasteiger partial charge in [-0.2, -0.15) is 0 Å². The molecule has 6 rings (SSSR count). The molecule has 0 saturated carbocycles. The predicted molar refractivity (Wildman–Crippen MR) is 102 cm³/mol. The maximum atomic E-state index is 12.8. The fourth-order valence-electron chi connectivity index (χ4n) is 4.28. The number of benzene rings is 3. The molecule has 1 aliphatic heterocycles. The summed E-state index contributed by atoms with van der Waals surface area (Å²) in [4.78, 5) is 33.6. The molecule has 26 heavy (non-hydrogen) atoms. The van der Waals surface area contributed by atoms with E-state index in [1.807, 2.05) is 48.5 Å². The number of carbonyl (C=O) groups excluding carboxylic acids is 2. The molecule has 0 aliphatic carbocycles. The van der Waals surface area contributed by atoms with E-state index in [2.05, 4.69) is 9.97 Å². The first kappa shape index (κ1) is 13.7. The molecule has 0 radical (unpaired) electrons. The van der Waals surface area contributed by atoms with Gasteiger partial charge < -0.3 is 9.97 Å². The van der Waals surface area contributed by atoms with E-state index < -0.39 is 0 Å². The number of hydrogen-bond acceptors (Lipinski definition) is 2. The molecule has 124 valence electrons. The lowest BCUT2D eigenvalue weighted by Gasteiger charge is -2.02. The summed E-state index contributed by atoms with van der Waals surface area (Å²) in [6.07, 6.45) is 0. The summed E-state index contributed by atoms with van der Waals surface area (Å²) in [6, 6.07) is 16.0. The van der Waals surface area contributed by atoms with Crippen molar-refractivity contribution >= 4 is 55.4 Å². The van der Waals surface area contributed by atoms with Crippen LogP contribution in [-0.4, -0.2) is 33.7 Å². The van der Waals surface area contributed by atoms with Crippen LogP contribution in [0, 0.1) is 0 Å². The Morgan fingerprint density at radius 1 is 0.692 bits per heavy atom. The maximum absolute atomic E-state index is 12.8. The quantitative estimate of drug-likeness (QED) is 0.416. The van der Waals surface area contributed by atoms with Crippen LogP contribution in [0.4, 0.5) is 0 Å². The summed E-state index contributed by atoms with van der Waals surface area (Å²) in [7, 11) is 1.54. The molecule has 0 spiro atoms. The number of nitrogens with one attached hydrogen (secondary N) is 2. The number of para-hydroxylation sites is 2. The summed E-state index contributed by atoms with van der Waals surface area (Å²) in [5.41, 5.74) is 4.31. The summed E-state index contributed by atoms with van der Waals surface area (Å²) in [6.45, 7) is 0. The van der Waals surface area contributed by atoms with Crippen molar-refractivity contribution < 1.29 is 9.59 Å². The smallest absolute Gasteiger partial charge is 0.263 e. The Morgan fingerprint density at radius 2 is 1.12 bits per heavy atom. The first-order valence-corrected chi connectivity index (χ1v) is 8.46. The molecular formula is C21H13N3O2. The van der Waals surface area contributed by atoms with Crippen LogP contribution in [0.1, 0.15) is 20.7 Å². The van der Waals surface area contributed by atoms with Crippen molar-refractivity contribution in [2.75, 3.05) is 7.05 Å². The molecule has 2 amide bonds. The lowest BCUT2D eigenvalue weighted by atomic mass is 9.98. The van der Waals surface area contributed by atoms with Gasteiger partial charge in [-0.05, 0) is 12.1 Å². The van der Waals surface area contributed by atoms with Crippen molar-refractivity contribution in [3.63, 3.8) is 0 Å². The van der Waals surface area contributed by atoms with Gasteiger partial charge >= 0.3 is 0 Å². The average molecular weight is 339 g/mol. The molecule has 3 heterocycles. The van der Waals surface area contributed by atoms with Crippen LogP contribution in [-0.2, 0) is 0 Å². The topological polar surface area (TPSA) is 69.0 Å². The van der Waals surface area contributed by atoms with Gasteiger partial charge in [-0.3, -0.25) is 14.5 Å². The lowest BCUT2D eigenvalue weighted by molar-refractivity contribution is 0.0694. The van der Waals surface area contributed by atoms with Gasteiger partial charge in [-0.15, -0.1) is 0 Å². The Hall–Kier alpha value is -3.60. The molecule has 0 unspecified atom stereocenters. The minimum absolute atomic E-state index is 0.262. The highest BCUT2D eigenvalue weighted by molar-refractivity contribution is 6.39. The lowest BCUT2D eigenvalue weighted by Crippen LogP contribution is -2.24. The van der Waals surface area contributed by atoms with Crippen LogP contribution < -0.4 is 0 Å². The largest absolute Gasteiger partial charge is 0.354 e. The van der Waals surface area contributed by atoms with E-state index in [9.17, 15) is 9.59 Å². The summed E-state index contributed by atoms with van der Waals surface area (Å²) >= 11 is 0. The van der Waals surface area contributed by atoms with Gasteiger partial charge in [0.25, 0.3) is 11.8 Å². The second kappa shape index (κ2) is 4.32. The molecule has 5 nitrogen and oxygen atoms in total. The molecule has 1 aliphatic rings. The van der Waals surface area contributed by atoms with Gasteiger partial charge in [-0.1, -0.05) is 36.4 Å². The van der Waals surface area contributed by atoms with Crippen LogP contribution >= 0.6 is 0 Å². The molecule has 0 saturated heterocycles. The van der Waals surface area contributed by atoms with Gasteiger partial charge in [0.1, 0.15) is 0 Å². The molecule has 0 atom stereocenters. The number of amides is 2. The van der Waals surface area contributed by atoms with Gasteiger partial charge in [0.2, 0.25) is 0 Å². The van der Waals surface area contributed by atoms with Crippen LogP contribution in [0.15, 0.2) is 48.5 Å². The van der Waals surface area contributed by atoms with Gasteiger partial charge in [0.15, 0.2) is 0 Å². The first-order chi connectivity index (χ1) is 12.7. The van der Waals surface area contributed by atoms with Gasteiger partial charge in [0, 0.05) is 39.6 Å². The van der Waals surface area contributed by atoms with E-state index in [-0.39, 0.29) is 11.8 Å². The molecule has 0 fully saturated rings. The Labute approximate surface area is 147 Å². The Bertz CT molecular complexity index is 1330. The molecule has 3 aromatic carbocycles. The van der Waals surface area contributed by atoms with Crippen LogP contribution in [0.5, 0.6) is 0 Å². The minimum atomic E-state index is -0.262. The molecule has 5 aromatic rings. The van der Waals surface area contributed by atoms with E-state index in [1.54, 1.807) is 0 Å². The number of nitrogens with zero attached hydrogens (tertiary/aromatic N) is 1. The van der Waals surface area contributed by atoms with Crippen molar-refractivity contribution in [3.05, 3.63) is 59.7 Å². The van der Waals surface area contributed by atoms with Crippen LogP contribution in [0.25, 0.3) is 43.6 Å². The molecule has 5 heteroatoms. The van der Waals surface area contributed by atoms with E-state index >= 15 is 0 Å². The zero-order valence-corrected chi connectivity index (χ0v) is 13.9. The zero-order chi connectivity index (χ0) is 17.6. The normalized spacial score (nSPS) is 14.4. The van der Waals surface area contributed by atoms with Crippen LogP contribution in [0.3, 0.4) is 0 Å². The van der Waals surface area contributed by atoms with Gasteiger partial charge in [0.05, 0.1) is 22.2 Å². The number of imide groups is 1. The predicted octanol–water partition coefficient (Wildman–Crippen LogP) is 4.18. The van der Waals surface area contributed by atoms with E-state index in [0.717, 1.165) is 43.6 Å². The molecule has 0 bridgehead atoms. The highest BCUT2D eigenvalue weighted by Gasteiger charge is 2.38. The number of aromatic nitrogens is 2. The highest BCUT2D eigenvalue weighted by Crippen LogP contribution is 2.43. The van der Waals surface area contributed by atoms with E-state index in [4.69, 9.17) is 0 Å². The van der Waals surface area contributed by atoms with Crippen molar-refractivity contribution in [2.24, 2.45) is 0 Å². The van der Waals surface area contributed by atoms with E-state index in [1.165, 1.54) is 11.9 Å². The average Bonchev–Trinajstić information content (AvgIpc) is 3.28. The van der Waals surface area contributed by atoms with Crippen molar-refractivity contribution in [2.45, 2.75) is 0 Å². The first-order valence-electron chi connectivity index (χ1n) is 8.46. The van der Waals surface area contributed by atoms with Crippen molar-refractivity contribution in [1.29, 1.82) is 0 Å². The third kappa shape index (κ3) is 1.39. The fraction of sp³-hybridized carbons (Fsp3) is 0.0476. The van der Waals surface area contributed by atoms with Crippen molar-refractivity contribution in [3.8, 4) is 0 Å². The SMILES string of the molecule is CN1C(=O)c2c(c3[nH]c4ccccc4c3c3c2[nH]c2ccccc23)C1=O. The third-order valence-corrected chi connectivity index (χ3v) is 5.45. The van der Waals surface area contributed by atoms with Gasteiger partial charge in [-0.25, -0.2) is 0 Å². The summed E-state index contributed by atoms with van der Waals surface area (Å²) < 4.78 is 0. The minimum Gasteiger partial charge on any atom is -0.354 e. The zero-order valence-electron chi connectivity index (χ0n) is 13.9. The number of aromatic amines is 2. The standard InChI is InChI=1S/C21H13N3O2/c1-24-20(25)16-17(21(24)26)19-15(11-7-3-5-9-13(11)23-19)14-10-6-2-4-8-12(10)22-18(14)16/h2-9,22-23H,1H3. The summed E-state index contributed by atoms with van der Waals surface area (Å²) in [5.74, 6) is -0.524. The number of rotatable bonds is 0. The number of carbonyl (C=O) groups is 2. The monoisotopic (exact) mass is 339 g/mol.